The monoisotopic (exact) mass is 242 g/mol. The smallest absolute Gasteiger partial charge is 0.175 e. The number of carbonyl (C=O) groups excluding carboxylic acids is 1. The Bertz CT molecular complexity index is 503. The predicted molar refractivity (Wildman–Crippen MR) is 60.5 cm³/mol. The molecule has 0 spiro atoms. The molecule has 4 nitrogen and oxygen atoms in total. The van der Waals surface area contributed by atoms with E-state index in [1.54, 1.807) is 6.07 Å². The Morgan fingerprint density at radius 1 is 1.38 bits per heavy atom. The minimum Gasteiger partial charge on any atom is -0.496 e. The van der Waals surface area contributed by atoms with Gasteiger partial charge in [0.1, 0.15) is 11.5 Å². The molecule has 0 amide bonds. The second kappa shape index (κ2) is 4.65. The third-order valence-corrected chi connectivity index (χ3v) is 3.24. The van der Waals surface area contributed by atoms with Crippen molar-refractivity contribution in [2.75, 3.05) is 13.4 Å². The summed E-state index contributed by atoms with van der Waals surface area (Å²) in [6.45, 7) is 1.48. The van der Waals surface area contributed by atoms with E-state index < -0.39 is 9.84 Å². The van der Waals surface area contributed by atoms with Gasteiger partial charge < -0.3 is 4.74 Å². The van der Waals surface area contributed by atoms with Crippen molar-refractivity contribution >= 4 is 15.6 Å². The van der Waals surface area contributed by atoms with E-state index in [9.17, 15) is 13.2 Å². The fraction of sp³-hybridized carbons (Fsp3) is 0.364. The molecule has 0 fully saturated rings. The van der Waals surface area contributed by atoms with Crippen LogP contribution < -0.4 is 4.74 Å². The van der Waals surface area contributed by atoms with Gasteiger partial charge in [0.2, 0.25) is 0 Å². The van der Waals surface area contributed by atoms with Crippen LogP contribution in [0.3, 0.4) is 0 Å². The number of rotatable bonds is 4. The van der Waals surface area contributed by atoms with Crippen LogP contribution in [0.15, 0.2) is 23.1 Å². The van der Waals surface area contributed by atoms with Gasteiger partial charge >= 0.3 is 0 Å². The van der Waals surface area contributed by atoms with E-state index in [-0.39, 0.29) is 17.1 Å². The molecule has 0 unspecified atom stereocenters. The molecule has 0 saturated heterocycles. The van der Waals surface area contributed by atoms with Crippen molar-refractivity contribution in [3.05, 3.63) is 23.8 Å². The second-order valence-corrected chi connectivity index (χ2v) is 5.64. The van der Waals surface area contributed by atoms with Gasteiger partial charge in [-0.3, -0.25) is 4.79 Å². The van der Waals surface area contributed by atoms with Gasteiger partial charge in [-0.2, -0.15) is 0 Å². The van der Waals surface area contributed by atoms with Crippen LogP contribution in [-0.2, 0) is 21.1 Å². The molecule has 0 saturated carbocycles. The van der Waals surface area contributed by atoms with Crippen LogP contribution in [0.2, 0.25) is 0 Å². The average Bonchev–Trinajstić information content (AvgIpc) is 2.15. The number of methoxy groups -OCH3 is 1. The molecule has 0 atom stereocenters. The summed E-state index contributed by atoms with van der Waals surface area (Å²) in [5.74, 6) is 0.434. The zero-order chi connectivity index (χ0) is 12.3. The minimum atomic E-state index is -3.25. The van der Waals surface area contributed by atoms with Crippen LogP contribution >= 0.6 is 0 Å². The molecule has 1 aromatic rings. The van der Waals surface area contributed by atoms with Crippen LogP contribution in [0.1, 0.15) is 12.5 Å². The van der Waals surface area contributed by atoms with Crippen molar-refractivity contribution in [3.8, 4) is 5.75 Å². The number of hydrogen-bond acceptors (Lipinski definition) is 4. The van der Waals surface area contributed by atoms with Crippen LogP contribution in [0.5, 0.6) is 5.75 Å². The molecule has 0 heterocycles. The molecule has 0 bridgehead atoms. The molecule has 1 rings (SSSR count). The van der Waals surface area contributed by atoms with Crippen molar-refractivity contribution < 1.29 is 17.9 Å². The van der Waals surface area contributed by atoms with E-state index in [0.717, 1.165) is 6.26 Å². The Morgan fingerprint density at radius 3 is 2.44 bits per heavy atom. The Labute approximate surface area is 95.2 Å². The number of benzene rings is 1. The fourth-order valence-corrected chi connectivity index (χ4v) is 2.01. The molecular formula is C11H14O4S. The molecule has 0 N–H and O–H groups in total. The van der Waals surface area contributed by atoms with E-state index in [1.807, 2.05) is 0 Å². The highest BCUT2D eigenvalue weighted by atomic mass is 32.2. The lowest BCUT2D eigenvalue weighted by Crippen LogP contribution is -2.02. The van der Waals surface area contributed by atoms with Gasteiger partial charge in [-0.25, -0.2) is 8.42 Å². The second-order valence-electron chi connectivity index (χ2n) is 3.62. The first kappa shape index (κ1) is 12.7. The third kappa shape index (κ3) is 3.06. The SMILES string of the molecule is COc1cc(S(C)(=O)=O)ccc1CC(C)=O. The summed E-state index contributed by atoms with van der Waals surface area (Å²) >= 11 is 0. The number of carbonyl (C=O) groups is 1. The lowest BCUT2D eigenvalue weighted by Gasteiger charge is -2.08. The molecule has 0 aliphatic carbocycles. The van der Waals surface area contributed by atoms with Gasteiger partial charge in [-0.1, -0.05) is 6.07 Å². The third-order valence-electron chi connectivity index (χ3n) is 2.13. The standard InChI is InChI=1S/C11H14O4S/c1-8(12)6-9-4-5-10(16(3,13)14)7-11(9)15-2/h4-5,7H,6H2,1-3H3. The number of Topliss-reactive ketones (excluding diaryl/α,β-unsaturated/α-hetero) is 1. The summed E-state index contributed by atoms with van der Waals surface area (Å²) in [5.41, 5.74) is 0.697. The van der Waals surface area contributed by atoms with Crippen LogP contribution in [0.4, 0.5) is 0 Å². The highest BCUT2D eigenvalue weighted by molar-refractivity contribution is 7.90. The van der Waals surface area contributed by atoms with E-state index >= 15 is 0 Å². The van der Waals surface area contributed by atoms with E-state index in [0.29, 0.717) is 11.3 Å². The summed E-state index contributed by atoms with van der Waals surface area (Å²) in [6, 6.07) is 4.53. The first-order chi connectivity index (χ1) is 7.34. The lowest BCUT2D eigenvalue weighted by atomic mass is 10.1. The molecule has 1 aromatic carbocycles. The van der Waals surface area contributed by atoms with Crippen molar-refractivity contribution in [3.63, 3.8) is 0 Å². The number of ether oxygens (including phenoxy) is 1. The van der Waals surface area contributed by atoms with Gasteiger partial charge in [0.25, 0.3) is 0 Å². The summed E-state index contributed by atoms with van der Waals surface area (Å²) in [6.07, 6.45) is 1.37. The Morgan fingerprint density at radius 2 is 2.00 bits per heavy atom. The van der Waals surface area contributed by atoms with Crippen molar-refractivity contribution in [2.24, 2.45) is 0 Å². The molecule has 88 valence electrons. The maximum atomic E-state index is 11.3. The molecule has 0 radical (unpaired) electrons. The summed E-state index contributed by atoms with van der Waals surface area (Å²) in [7, 11) is -1.80. The average molecular weight is 242 g/mol. The number of ketones is 1. The van der Waals surface area contributed by atoms with E-state index in [1.165, 1.54) is 26.2 Å². The topological polar surface area (TPSA) is 60.4 Å². The summed E-state index contributed by atoms with van der Waals surface area (Å²) in [5, 5.41) is 0. The van der Waals surface area contributed by atoms with Gasteiger partial charge in [0.15, 0.2) is 9.84 Å². The molecule has 16 heavy (non-hydrogen) atoms. The largest absolute Gasteiger partial charge is 0.496 e. The van der Waals surface area contributed by atoms with Crippen molar-refractivity contribution in [2.45, 2.75) is 18.2 Å². The Balaban J connectivity index is 3.22. The first-order valence-corrected chi connectivity index (χ1v) is 6.60. The van der Waals surface area contributed by atoms with E-state index in [4.69, 9.17) is 4.74 Å². The molecule has 5 heteroatoms. The van der Waals surface area contributed by atoms with Gasteiger partial charge in [-0.05, 0) is 19.1 Å². The van der Waals surface area contributed by atoms with Gasteiger partial charge in [0, 0.05) is 18.2 Å². The highest BCUT2D eigenvalue weighted by Gasteiger charge is 2.12. The Kier molecular flexibility index (Phi) is 3.70. The first-order valence-electron chi connectivity index (χ1n) is 4.71. The van der Waals surface area contributed by atoms with Crippen LogP contribution in [-0.4, -0.2) is 27.6 Å². The van der Waals surface area contributed by atoms with E-state index in [2.05, 4.69) is 0 Å². The number of hydrogen-bond donors (Lipinski definition) is 0. The van der Waals surface area contributed by atoms with Crippen molar-refractivity contribution in [1.82, 2.24) is 0 Å². The minimum absolute atomic E-state index is 0.00501. The molecular weight excluding hydrogens is 228 g/mol. The summed E-state index contributed by atoms with van der Waals surface area (Å²) in [4.78, 5) is 11.2. The van der Waals surface area contributed by atoms with Crippen molar-refractivity contribution in [1.29, 1.82) is 0 Å². The maximum absolute atomic E-state index is 11.3. The quantitative estimate of drug-likeness (QED) is 0.796. The highest BCUT2D eigenvalue weighted by Crippen LogP contribution is 2.23. The zero-order valence-corrected chi connectivity index (χ0v) is 10.3. The van der Waals surface area contributed by atoms with Gasteiger partial charge in [0.05, 0.1) is 12.0 Å². The fourth-order valence-electron chi connectivity index (χ4n) is 1.37. The summed E-state index contributed by atoms with van der Waals surface area (Å²) < 4.78 is 27.7. The predicted octanol–water partition coefficient (Wildman–Crippen LogP) is 1.23. The molecule has 0 aromatic heterocycles. The number of sulfone groups is 1. The van der Waals surface area contributed by atoms with Crippen LogP contribution in [0.25, 0.3) is 0 Å². The zero-order valence-electron chi connectivity index (χ0n) is 9.48. The van der Waals surface area contributed by atoms with Gasteiger partial charge in [-0.15, -0.1) is 0 Å². The molecule has 0 aliphatic heterocycles. The lowest BCUT2D eigenvalue weighted by molar-refractivity contribution is -0.116. The Hall–Kier alpha value is -1.36. The maximum Gasteiger partial charge on any atom is 0.175 e. The van der Waals surface area contributed by atoms with Crippen LogP contribution in [0, 0.1) is 0 Å². The molecule has 0 aliphatic rings. The normalized spacial score (nSPS) is 11.2.